The Morgan fingerprint density at radius 1 is 1.12 bits per heavy atom. The molecule has 0 unspecified atom stereocenters. The Kier molecular flexibility index (Phi) is 3.98. The van der Waals surface area contributed by atoms with E-state index in [2.05, 4.69) is 10.4 Å². The van der Waals surface area contributed by atoms with Crippen molar-refractivity contribution in [2.45, 2.75) is 18.9 Å². The van der Waals surface area contributed by atoms with E-state index in [4.69, 9.17) is 4.74 Å². The zero-order valence-electron chi connectivity index (χ0n) is 14.0. The molecular formula is C20H19N3O2. The zero-order chi connectivity index (χ0) is 17.2. The number of fused-ring (bicyclic) bond motifs is 2. The van der Waals surface area contributed by atoms with Gasteiger partial charge in [0.1, 0.15) is 11.5 Å². The number of aromatic nitrogens is 2. The lowest BCUT2D eigenvalue weighted by Crippen LogP contribution is -2.31. The molecule has 0 spiro atoms. The van der Waals surface area contributed by atoms with E-state index in [-0.39, 0.29) is 11.9 Å². The summed E-state index contributed by atoms with van der Waals surface area (Å²) in [6, 6.07) is 15.5. The fraction of sp³-hybridized carbons (Fsp3) is 0.200. The number of ether oxygens (including phenoxy) is 1. The number of benzene rings is 2. The Morgan fingerprint density at radius 2 is 1.76 bits per heavy atom. The summed E-state index contributed by atoms with van der Waals surface area (Å²) in [5.41, 5.74) is 3.03. The second-order valence-corrected chi connectivity index (χ2v) is 6.20. The van der Waals surface area contributed by atoms with Gasteiger partial charge in [0.15, 0.2) is 0 Å². The summed E-state index contributed by atoms with van der Waals surface area (Å²) < 4.78 is 7.71. The summed E-state index contributed by atoms with van der Waals surface area (Å²) in [6.45, 7) is 0. The third-order valence-corrected chi connectivity index (χ3v) is 4.38. The van der Waals surface area contributed by atoms with E-state index < -0.39 is 0 Å². The largest absolute Gasteiger partial charge is 0.457 e. The molecule has 1 aliphatic rings. The van der Waals surface area contributed by atoms with Crippen molar-refractivity contribution in [3.63, 3.8) is 0 Å². The molecule has 1 amide bonds. The van der Waals surface area contributed by atoms with Gasteiger partial charge in [-0.3, -0.25) is 9.48 Å². The smallest absolute Gasteiger partial charge is 0.221 e. The number of rotatable bonds is 4. The van der Waals surface area contributed by atoms with Gasteiger partial charge >= 0.3 is 0 Å². The first kappa shape index (κ1) is 15.4. The average Bonchev–Trinajstić information content (AvgIpc) is 3.05. The molecule has 5 heteroatoms. The highest BCUT2D eigenvalue weighted by molar-refractivity contribution is 5.78. The fourth-order valence-electron chi connectivity index (χ4n) is 3.16. The SMILES string of the molecule is Cn1cc(CCC(=O)NC2c3ccccc3Oc3ccccc32)cn1. The van der Waals surface area contributed by atoms with Crippen LogP contribution in [0, 0.1) is 0 Å². The highest BCUT2D eigenvalue weighted by Gasteiger charge is 2.27. The van der Waals surface area contributed by atoms with Crippen LogP contribution in [-0.4, -0.2) is 15.7 Å². The summed E-state index contributed by atoms with van der Waals surface area (Å²) in [7, 11) is 1.87. The maximum absolute atomic E-state index is 12.5. The minimum atomic E-state index is -0.192. The average molecular weight is 333 g/mol. The molecular weight excluding hydrogens is 314 g/mol. The molecule has 0 radical (unpaired) electrons. The number of nitrogens with zero attached hydrogens (tertiary/aromatic N) is 2. The summed E-state index contributed by atoms with van der Waals surface area (Å²) in [5, 5.41) is 7.30. The Bertz CT molecular complexity index is 871. The minimum Gasteiger partial charge on any atom is -0.457 e. The summed E-state index contributed by atoms with van der Waals surface area (Å²) in [4.78, 5) is 12.5. The molecule has 25 heavy (non-hydrogen) atoms. The quantitative estimate of drug-likeness (QED) is 0.796. The number of hydrogen-bond acceptors (Lipinski definition) is 3. The topological polar surface area (TPSA) is 56.2 Å². The van der Waals surface area contributed by atoms with Crippen molar-refractivity contribution in [1.82, 2.24) is 15.1 Å². The maximum atomic E-state index is 12.5. The molecule has 2 aromatic carbocycles. The monoisotopic (exact) mass is 333 g/mol. The Labute approximate surface area is 146 Å². The first-order valence-corrected chi connectivity index (χ1v) is 8.33. The van der Waals surface area contributed by atoms with E-state index in [0.717, 1.165) is 28.2 Å². The van der Waals surface area contributed by atoms with E-state index in [1.54, 1.807) is 10.9 Å². The van der Waals surface area contributed by atoms with Gasteiger partial charge in [0, 0.05) is 30.8 Å². The summed E-state index contributed by atoms with van der Waals surface area (Å²) in [5.74, 6) is 1.60. The van der Waals surface area contributed by atoms with Gasteiger partial charge in [-0.15, -0.1) is 0 Å². The van der Waals surface area contributed by atoms with Gasteiger partial charge in [-0.25, -0.2) is 0 Å². The molecule has 0 saturated carbocycles. The normalized spacial score (nSPS) is 12.8. The predicted molar refractivity (Wildman–Crippen MR) is 94.5 cm³/mol. The van der Waals surface area contributed by atoms with Crippen LogP contribution in [0.4, 0.5) is 0 Å². The number of aryl methyl sites for hydroxylation is 2. The molecule has 5 nitrogen and oxygen atoms in total. The first-order chi connectivity index (χ1) is 12.2. The van der Waals surface area contributed by atoms with E-state index in [1.807, 2.05) is 61.8 Å². The molecule has 0 aliphatic carbocycles. The Morgan fingerprint density at radius 3 is 2.36 bits per heavy atom. The van der Waals surface area contributed by atoms with Crippen molar-refractivity contribution in [3.8, 4) is 11.5 Å². The van der Waals surface area contributed by atoms with Gasteiger partial charge in [-0.05, 0) is 24.1 Å². The van der Waals surface area contributed by atoms with E-state index in [0.29, 0.717) is 12.8 Å². The van der Waals surface area contributed by atoms with E-state index in [1.165, 1.54) is 0 Å². The number of carbonyl (C=O) groups is 1. The van der Waals surface area contributed by atoms with Crippen LogP contribution in [0.1, 0.15) is 29.2 Å². The van der Waals surface area contributed by atoms with Crippen LogP contribution in [0.3, 0.4) is 0 Å². The van der Waals surface area contributed by atoms with Crippen molar-refractivity contribution in [2.24, 2.45) is 7.05 Å². The molecule has 1 N–H and O–H groups in total. The van der Waals surface area contributed by atoms with Crippen LogP contribution in [0.15, 0.2) is 60.9 Å². The Hall–Kier alpha value is -3.08. The third kappa shape index (κ3) is 3.13. The summed E-state index contributed by atoms with van der Waals surface area (Å²) in [6.07, 6.45) is 4.83. The Balaban J connectivity index is 1.54. The minimum absolute atomic E-state index is 0.0142. The van der Waals surface area contributed by atoms with Gasteiger partial charge in [-0.2, -0.15) is 5.10 Å². The summed E-state index contributed by atoms with van der Waals surface area (Å²) >= 11 is 0. The number of carbonyl (C=O) groups excluding carboxylic acids is 1. The lowest BCUT2D eigenvalue weighted by Gasteiger charge is -2.28. The van der Waals surface area contributed by atoms with Crippen LogP contribution in [-0.2, 0) is 18.3 Å². The third-order valence-electron chi connectivity index (χ3n) is 4.38. The molecule has 1 aliphatic heterocycles. The highest BCUT2D eigenvalue weighted by Crippen LogP contribution is 2.42. The highest BCUT2D eigenvalue weighted by atomic mass is 16.5. The molecule has 1 aromatic heterocycles. The lowest BCUT2D eigenvalue weighted by molar-refractivity contribution is -0.121. The molecule has 2 heterocycles. The van der Waals surface area contributed by atoms with E-state index in [9.17, 15) is 4.79 Å². The molecule has 0 bridgehead atoms. The first-order valence-electron chi connectivity index (χ1n) is 8.33. The zero-order valence-corrected chi connectivity index (χ0v) is 14.0. The predicted octanol–water partition coefficient (Wildman–Crippen LogP) is 3.36. The van der Waals surface area contributed by atoms with Gasteiger partial charge in [-0.1, -0.05) is 36.4 Å². The second-order valence-electron chi connectivity index (χ2n) is 6.20. The van der Waals surface area contributed by atoms with Crippen molar-refractivity contribution < 1.29 is 9.53 Å². The standard InChI is InChI=1S/C20H19N3O2/c1-23-13-14(12-21-23)10-11-19(24)22-20-15-6-2-4-8-17(15)25-18-9-5-3-7-16(18)20/h2-9,12-13,20H,10-11H2,1H3,(H,22,24). The van der Waals surface area contributed by atoms with Gasteiger partial charge < -0.3 is 10.1 Å². The lowest BCUT2D eigenvalue weighted by atomic mass is 9.94. The van der Waals surface area contributed by atoms with Crippen molar-refractivity contribution in [1.29, 1.82) is 0 Å². The molecule has 0 atom stereocenters. The molecule has 126 valence electrons. The molecule has 4 rings (SSSR count). The van der Waals surface area contributed by atoms with Crippen LogP contribution in [0.2, 0.25) is 0 Å². The number of nitrogens with one attached hydrogen (secondary N) is 1. The van der Waals surface area contributed by atoms with Crippen molar-refractivity contribution in [2.75, 3.05) is 0 Å². The fourth-order valence-corrected chi connectivity index (χ4v) is 3.16. The number of para-hydroxylation sites is 2. The van der Waals surface area contributed by atoms with Crippen LogP contribution in [0.5, 0.6) is 11.5 Å². The van der Waals surface area contributed by atoms with Crippen molar-refractivity contribution >= 4 is 5.91 Å². The number of amides is 1. The van der Waals surface area contributed by atoms with Crippen LogP contribution in [0.25, 0.3) is 0 Å². The molecule has 0 saturated heterocycles. The van der Waals surface area contributed by atoms with Crippen molar-refractivity contribution in [3.05, 3.63) is 77.6 Å². The van der Waals surface area contributed by atoms with Gasteiger partial charge in [0.05, 0.1) is 12.2 Å². The van der Waals surface area contributed by atoms with Gasteiger partial charge in [0.25, 0.3) is 0 Å². The van der Waals surface area contributed by atoms with Crippen LogP contribution >= 0.6 is 0 Å². The van der Waals surface area contributed by atoms with Crippen LogP contribution < -0.4 is 10.1 Å². The van der Waals surface area contributed by atoms with E-state index >= 15 is 0 Å². The maximum Gasteiger partial charge on any atom is 0.221 e. The van der Waals surface area contributed by atoms with Gasteiger partial charge in [0.2, 0.25) is 5.91 Å². The molecule has 3 aromatic rings. The number of hydrogen-bond donors (Lipinski definition) is 1. The second kappa shape index (κ2) is 6.43. The molecule has 0 fully saturated rings.